The Hall–Kier alpha value is -2.02. The quantitative estimate of drug-likeness (QED) is 0.503. The number of nitrogen functional groups attached to an aromatic ring is 1. The van der Waals surface area contributed by atoms with Crippen LogP contribution in [-0.4, -0.2) is 10.9 Å². The van der Waals surface area contributed by atoms with E-state index >= 15 is 0 Å². The molecular formula is C8H7N3O. The van der Waals surface area contributed by atoms with E-state index in [-0.39, 0.29) is 0 Å². The molecule has 0 saturated heterocycles. The Balaban J connectivity index is 2.86. The van der Waals surface area contributed by atoms with Gasteiger partial charge in [0.25, 0.3) is 5.91 Å². The van der Waals surface area contributed by atoms with Crippen LogP contribution in [0.15, 0.2) is 18.3 Å². The predicted molar refractivity (Wildman–Crippen MR) is 44.7 cm³/mol. The molecule has 0 saturated carbocycles. The lowest BCUT2D eigenvalue weighted by molar-refractivity contribution is -0.112. The SMILES string of the molecule is NC(=O)C#Cc1ccc(N)cn1. The van der Waals surface area contributed by atoms with Crippen molar-refractivity contribution in [3.8, 4) is 11.8 Å². The Labute approximate surface area is 69.6 Å². The van der Waals surface area contributed by atoms with Crippen LogP contribution in [0.3, 0.4) is 0 Å². The lowest BCUT2D eigenvalue weighted by Crippen LogP contribution is -2.06. The molecule has 0 atom stereocenters. The summed E-state index contributed by atoms with van der Waals surface area (Å²) in [4.78, 5) is 14.1. The largest absolute Gasteiger partial charge is 0.397 e. The van der Waals surface area contributed by atoms with Crippen molar-refractivity contribution in [1.29, 1.82) is 0 Å². The van der Waals surface area contributed by atoms with Crippen LogP contribution in [0.4, 0.5) is 5.69 Å². The highest BCUT2D eigenvalue weighted by molar-refractivity contribution is 5.92. The van der Waals surface area contributed by atoms with Gasteiger partial charge in [0.05, 0.1) is 11.9 Å². The Bertz CT molecular complexity index is 345. The normalized spacial score (nSPS) is 8.33. The minimum Gasteiger partial charge on any atom is -0.397 e. The molecule has 4 N–H and O–H groups in total. The number of nitrogens with zero attached hydrogens (tertiary/aromatic N) is 1. The van der Waals surface area contributed by atoms with Crippen LogP contribution in [0.25, 0.3) is 0 Å². The van der Waals surface area contributed by atoms with E-state index in [9.17, 15) is 4.79 Å². The van der Waals surface area contributed by atoms with Gasteiger partial charge in [0.1, 0.15) is 5.69 Å². The number of anilines is 1. The van der Waals surface area contributed by atoms with Gasteiger partial charge in [-0.15, -0.1) is 0 Å². The highest BCUT2D eigenvalue weighted by Crippen LogP contribution is 1.98. The summed E-state index contributed by atoms with van der Waals surface area (Å²) in [6, 6.07) is 3.27. The monoisotopic (exact) mass is 161 g/mol. The van der Waals surface area contributed by atoms with Crippen molar-refractivity contribution in [2.45, 2.75) is 0 Å². The van der Waals surface area contributed by atoms with Crippen molar-refractivity contribution >= 4 is 11.6 Å². The summed E-state index contributed by atoms with van der Waals surface area (Å²) in [6.07, 6.45) is 1.46. The molecule has 0 spiro atoms. The fraction of sp³-hybridized carbons (Fsp3) is 0. The Morgan fingerprint density at radius 3 is 2.75 bits per heavy atom. The maximum absolute atomic E-state index is 10.2. The summed E-state index contributed by atoms with van der Waals surface area (Å²) in [6.45, 7) is 0. The molecule has 1 rings (SSSR count). The van der Waals surface area contributed by atoms with Crippen molar-refractivity contribution in [2.24, 2.45) is 5.73 Å². The van der Waals surface area contributed by atoms with E-state index in [2.05, 4.69) is 16.8 Å². The molecule has 0 aliphatic rings. The van der Waals surface area contributed by atoms with Gasteiger partial charge in [0.2, 0.25) is 0 Å². The lowest BCUT2D eigenvalue weighted by atomic mass is 10.3. The zero-order chi connectivity index (χ0) is 8.97. The predicted octanol–water partition coefficient (Wildman–Crippen LogP) is -0.499. The Morgan fingerprint density at radius 1 is 1.50 bits per heavy atom. The van der Waals surface area contributed by atoms with Crippen molar-refractivity contribution in [2.75, 3.05) is 5.73 Å². The second-order valence-corrected chi connectivity index (χ2v) is 2.09. The molecule has 4 nitrogen and oxygen atoms in total. The third-order valence-corrected chi connectivity index (χ3v) is 1.10. The number of pyridine rings is 1. The van der Waals surface area contributed by atoms with Crippen LogP contribution in [0.2, 0.25) is 0 Å². The van der Waals surface area contributed by atoms with Crippen LogP contribution in [0, 0.1) is 11.8 Å². The molecule has 60 valence electrons. The first-order chi connectivity index (χ1) is 5.68. The van der Waals surface area contributed by atoms with Gasteiger partial charge in [-0.3, -0.25) is 4.79 Å². The summed E-state index contributed by atoms with van der Waals surface area (Å²) >= 11 is 0. The van der Waals surface area contributed by atoms with Gasteiger partial charge in [-0.05, 0) is 18.1 Å². The standard InChI is InChI=1S/C8H7N3O/c9-6-1-2-7(11-5-6)3-4-8(10)12/h1-2,5H,9H2,(H2,10,12). The fourth-order valence-electron chi connectivity index (χ4n) is 0.605. The number of carbonyl (C=O) groups is 1. The molecule has 4 heteroatoms. The first-order valence-electron chi connectivity index (χ1n) is 3.21. The van der Waals surface area contributed by atoms with Gasteiger partial charge in [-0.25, -0.2) is 4.98 Å². The van der Waals surface area contributed by atoms with Crippen LogP contribution < -0.4 is 11.5 Å². The summed E-state index contributed by atoms with van der Waals surface area (Å²) in [5.74, 6) is 3.97. The van der Waals surface area contributed by atoms with Gasteiger partial charge in [0, 0.05) is 5.92 Å². The van der Waals surface area contributed by atoms with E-state index in [1.807, 2.05) is 0 Å². The molecule has 0 aliphatic heterocycles. The lowest BCUT2D eigenvalue weighted by Gasteiger charge is -1.89. The Kier molecular flexibility index (Phi) is 2.29. The average molecular weight is 161 g/mol. The van der Waals surface area contributed by atoms with E-state index in [0.717, 1.165) is 0 Å². The van der Waals surface area contributed by atoms with Crippen LogP contribution in [0.1, 0.15) is 5.69 Å². The van der Waals surface area contributed by atoms with E-state index < -0.39 is 5.91 Å². The van der Waals surface area contributed by atoms with Crippen molar-refractivity contribution in [1.82, 2.24) is 4.98 Å². The second kappa shape index (κ2) is 3.39. The highest BCUT2D eigenvalue weighted by atomic mass is 16.1. The number of nitrogens with two attached hydrogens (primary N) is 2. The molecule has 0 bridgehead atoms. The van der Waals surface area contributed by atoms with Crippen LogP contribution >= 0.6 is 0 Å². The topological polar surface area (TPSA) is 82.0 Å². The van der Waals surface area contributed by atoms with E-state index in [4.69, 9.17) is 11.5 Å². The van der Waals surface area contributed by atoms with Gasteiger partial charge < -0.3 is 11.5 Å². The van der Waals surface area contributed by atoms with Crippen LogP contribution in [-0.2, 0) is 4.79 Å². The summed E-state index contributed by atoms with van der Waals surface area (Å²) < 4.78 is 0. The molecule has 0 aliphatic carbocycles. The van der Waals surface area contributed by atoms with E-state index in [1.165, 1.54) is 6.20 Å². The summed E-state index contributed by atoms with van der Waals surface area (Å²) in [7, 11) is 0. The van der Waals surface area contributed by atoms with Crippen LogP contribution in [0.5, 0.6) is 0 Å². The molecule has 0 aromatic carbocycles. The fourth-order valence-corrected chi connectivity index (χ4v) is 0.605. The second-order valence-electron chi connectivity index (χ2n) is 2.09. The van der Waals surface area contributed by atoms with E-state index in [0.29, 0.717) is 11.4 Å². The van der Waals surface area contributed by atoms with Gasteiger partial charge in [0.15, 0.2) is 0 Å². The number of primary amides is 1. The van der Waals surface area contributed by atoms with Crippen molar-refractivity contribution < 1.29 is 4.79 Å². The molecule has 1 amide bonds. The minimum atomic E-state index is -0.673. The average Bonchev–Trinajstić information content (AvgIpc) is 2.03. The third-order valence-electron chi connectivity index (χ3n) is 1.10. The van der Waals surface area contributed by atoms with Gasteiger partial charge >= 0.3 is 0 Å². The maximum Gasteiger partial charge on any atom is 0.293 e. The maximum atomic E-state index is 10.2. The molecular weight excluding hydrogens is 154 g/mol. The zero-order valence-electron chi connectivity index (χ0n) is 6.24. The summed E-state index contributed by atoms with van der Waals surface area (Å²) in [5, 5.41) is 0. The number of aromatic nitrogens is 1. The number of hydrogen-bond donors (Lipinski definition) is 2. The third kappa shape index (κ3) is 2.31. The van der Waals surface area contributed by atoms with Crippen molar-refractivity contribution in [3.05, 3.63) is 24.0 Å². The zero-order valence-corrected chi connectivity index (χ0v) is 6.24. The number of rotatable bonds is 0. The molecule has 1 aromatic heterocycles. The molecule has 1 heterocycles. The number of amides is 1. The molecule has 12 heavy (non-hydrogen) atoms. The van der Waals surface area contributed by atoms with Crippen molar-refractivity contribution in [3.63, 3.8) is 0 Å². The number of carbonyl (C=O) groups excluding carboxylic acids is 1. The molecule has 0 radical (unpaired) electrons. The smallest absolute Gasteiger partial charge is 0.293 e. The first-order valence-corrected chi connectivity index (χ1v) is 3.21. The number of hydrogen-bond acceptors (Lipinski definition) is 3. The minimum absolute atomic E-state index is 0.475. The highest BCUT2D eigenvalue weighted by Gasteiger charge is 1.88. The van der Waals surface area contributed by atoms with Gasteiger partial charge in [-0.1, -0.05) is 0 Å². The molecule has 0 unspecified atom stereocenters. The summed E-state index contributed by atoms with van der Waals surface area (Å²) in [5.41, 5.74) is 11.2. The Morgan fingerprint density at radius 2 is 2.25 bits per heavy atom. The molecule has 1 aromatic rings. The first kappa shape index (κ1) is 8.08. The molecule has 0 fully saturated rings. The van der Waals surface area contributed by atoms with E-state index in [1.54, 1.807) is 12.1 Å². The van der Waals surface area contributed by atoms with Gasteiger partial charge in [-0.2, -0.15) is 0 Å².